The van der Waals surface area contributed by atoms with E-state index in [4.69, 9.17) is 28.9 Å². The molecule has 0 spiro atoms. The highest BCUT2D eigenvalue weighted by molar-refractivity contribution is 6.42. The lowest BCUT2D eigenvalue weighted by Gasteiger charge is -2.08. The van der Waals surface area contributed by atoms with Gasteiger partial charge in [-0.3, -0.25) is 0 Å². The third-order valence-electron chi connectivity index (χ3n) is 4.32. The Hall–Kier alpha value is -1.69. The van der Waals surface area contributed by atoms with E-state index in [0.29, 0.717) is 33.9 Å². The molecule has 7 heteroatoms. The topological polar surface area (TPSA) is 41.8 Å². The molecule has 0 aliphatic carbocycles. The Kier molecular flexibility index (Phi) is 5.51. The number of nitrogens with two attached hydrogens (primary N) is 1. The molecule has 0 fully saturated rings. The Morgan fingerprint density at radius 1 is 0.962 bits per heavy atom. The maximum atomic E-state index is 13.1. The highest BCUT2D eigenvalue weighted by atomic mass is 35.5. The van der Waals surface area contributed by atoms with Crippen molar-refractivity contribution in [3.63, 3.8) is 0 Å². The first-order chi connectivity index (χ1) is 12.3. The first-order valence-electron chi connectivity index (χ1n) is 8.18. The number of nitrogens with one attached hydrogen (secondary N) is 1. The summed E-state index contributed by atoms with van der Waals surface area (Å²) < 4.78 is 39.4. The molecule has 3 N–H and O–H groups in total. The van der Waals surface area contributed by atoms with Crippen molar-refractivity contribution in [2.45, 2.75) is 25.4 Å². The second-order valence-electron chi connectivity index (χ2n) is 6.11. The van der Waals surface area contributed by atoms with Gasteiger partial charge in [-0.25, -0.2) is 0 Å². The summed E-state index contributed by atoms with van der Waals surface area (Å²) in [4.78, 5) is 3.23. The number of aromatic nitrogens is 1. The Bertz CT molecular complexity index is 932. The summed E-state index contributed by atoms with van der Waals surface area (Å²) in [5.41, 5.74) is 7.93. The summed E-state index contributed by atoms with van der Waals surface area (Å²) in [5.74, 6) is 0. The van der Waals surface area contributed by atoms with Gasteiger partial charge in [-0.05, 0) is 67.3 Å². The Morgan fingerprint density at radius 3 is 2.38 bits per heavy atom. The van der Waals surface area contributed by atoms with Crippen LogP contribution in [0, 0.1) is 0 Å². The van der Waals surface area contributed by atoms with Gasteiger partial charge in [0, 0.05) is 16.6 Å². The minimum absolute atomic E-state index is 0.395. The molecule has 0 atom stereocenters. The second-order valence-corrected chi connectivity index (χ2v) is 6.93. The number of fused-ring (bicyclic) bond motifs is 1. The van der Waals surface area contributed by atoms with Crippen LogP contribution in [0.5, 0.6) is 0 Å². The van der Waals surface area contributed by atoms with Gasteiger partial charge in [0.2, 0.25) is 0 Å². The normalized spacial score (nSPS) is 12.1. The van der Waals surface area contributed by atoms with Gasteiger partial charge < -0.3 is 10.7 Å². The number of H-pyrrole nitrogens is 1. The van der Waals surface area contributed by atoms with Gasteiger partial charge in [0.1, 0.15) is 0 Å². The predicted molar refractivity (Wildman–Crippen MR) is 101 cm³/mol. The van der Waals surface area contributed by atoms with E-state index in [1.54, 1.807) is 18.2 Å². The van der Waals surface area contributed by atoms with Crippen molar-refractivity contribution in [1.29, 1.82) is 0 Å². The number of hydrogen-bond acceptors (Lipinski definition) is 1. The lowest BCUT2D eigenvalue weighted by Crippen LogP contribution is -2.04. The van der Waals surface area contributed by atoms with Crippen molar-refractivity contribution in [3.8, 4) is 11.3 Å². The van der Waals surface area contributed by atoms with Gasteiger partial charge in [-0.15, -0.1) is 0 Å². The number of benzene rings is 2. The van der Waals surface area contributed by atoms with E-state index in [1.807, 2.05) is 0 Å². The fourth-order valence-electron chi connectivity index (χ4n) is 3.03. The van der Waals surface area contributed by atoms with E-state index in [-0.39, 0.29) is 0 Å². The van der Waals surface area contributed by atoms with Crippen LogP contribution in [0.25, 0.3) is 22.2 Å². The molecular weight excluding hydrogens is 384 g/mol. The maximum absolute atomic E-state index is 13.1. The van der Waals surface area contributed by atoms with E-state index < -0.39 is 11.7 Å². The molecule has 0 saturated carbocycles. The molecular formula is C19H17Cl2F3N2. The fourth-order valence-corrected chi connectivity index (χ4v) is 3.33. The number of alkyl halides is 3. The van der Waals surface area contributed by atoms with Crippen LogP contribution < -0.4 is 5.73 Å². The number of aryl methyl sites for hydroxylation is 1. The maximum Gasteiger partial charge on any atom is 0.416 e. The molecule has 0 aliphatic heterocycles. The van der Waals surface area contributed by atoms with E-state index in [9.17, 15) is 13.2 Å². The molecule has 1 aromatic heterocycles. The molecule has 2 nitrogen and oxygen atoms in total. The van der Waals surface area contributed by atoms with Gasteiger partial charge in [-0.1, -0.05) is 29.3 Å². The SMILES string of the molecule is NCCCCc1c(-c2ccc(Cl)c(Cl)c2)[nH]c2ccc(C(F)(F)F)cc12. The highest BCUT2D eigenvalue weighted by Crippen LogP contribution is 2.37. The van der Waals surface area contributed by atoms with Gasteiger partial charge in [0.05, 0.1) is 15.6 Å². The molecule has 0 radical (unpaired) electrons. The average Bonchev–Trinajstić information content (AvgIpc) is 2.95. The number of hydrogen-bond donors (Lipinski definition) is 2. The van der Waals surface area contributed by atoms with Crippen molar-refractivity contribution in [1.82, 2.24) is 4.98 Å². The zero-order valence-corrected chi connectivity index (χ0v) is 15.3. The predicted octanol–water partition coefficient (Wildman–Crippen LogP) is 6.44. The summed E-state index contributed by atoms with van der Waals surface area (Å²) in [6.07, 6.45) is -2.18. The highest BCUT2D eigenvalue weighted by Gasteiger charge is 2.31. The Morgan fingerprint density at radius 2 is 1.73 bits per heavy atom. The largest absolute Gasteiger partial charge is 0.416 e. The molecule has 0 saturated heterocycles. The molecule has 0 unspecified atom stereocenters. The zero-order chi connectivity index (χ0) is 18.9. The van der Waals surface area contributed by atoms with Crippen LogP contribution in [0.1, 0.15) is 24.0 Å². The number of rotatable bonds is 5. The molecule has 3 rings (SSSR count). The van der Waals surface area contributed by atoms with Crippen molar-refractivity contribution in [3.05, 3.63) is 57.6 Å². The van der Waals surface area contributed by atoms with E-state index in [0.717, 1.165) is 35.7 Å². The summed E-state index contributed by atoms with van der Waals surface area (Å²) in [5, 5.41) is 1.39. The molecule has 26 heavy (non-hydrogen) atoms. The second kappa shape index (κ2) is 7.51. The molecule has 0 bridgehead atoms. The van der Waals surface area contributed by atoms with Crippen molar-refractivity contribution < 1.29 is 13.2 Å². The summed E-state index contributed by atoms with van der Waals surface area (Å²) >= 11 is 12.1. The number of unbranched alkanes of at least 4 members (excludes halogenated alkanes) is 1. The Balaban J connectivity index is 2.17. The lowest BCUT2D eigenvalue weighted by atomic mass is 9.99. The van der Waals surface area contributed by atoms with Gasteiger partial charge in [0.15, 0.2) is 0 Å². The average molecular weight is 401 g/mol. The van der Waals surface area contributed by atoms with Crippen molar-refractivity contribution in [2.24, 2.45) is 5.73 Å². The quantitative estimate of drug-likeness (QED) is 0.475. The minimum Gasteiger partial charge on any atom is -0.354 e. The molecule has 3 aromatic rings. The van der Waals surface area contributed by atoms with Crippen molar-refractivity contribution in [2.75, 3.05) is 6.54 Å². The molecule has 2 aromatic carbocycles. The van der Waals surface area contributed by atoms with Crippen LogP contribution in [-0.4, -0.2) is 11.5 Å². The van der Waals surface area contributed by atoms with Crippen LogP contribution in [-0.2, 0) is 12.6 Å². The van der Waals surface area contributed by atoms with Gasteiger partial charge in [-0.2, -0.15) is 13.2 Å². The van der Waals surface area contributed by atoms with E-state index in [1.165, 1.54) is 12.1 Å². The molecule has 0 amide bonds. The monoisotopic (exact) mass is 400 g/mol. The molecule has 138 valence electrons. The molecule has 0 aliphatic rings. The zero-order valence-electron chi connectivity index (χ0n) is 13.8. The fraction of sp³-hybridized carbons (Fsp3) is 0.263. The third-order valence-corrected chi connectivity index (χ3v) is 5.06. The number of halogens is 5. The third kappa shape index (κ3) is 3.85. The van der Waals surface area contributed by atoms with Crippen LogP contribution in [0.15, 0.2) is 36.4 Å². The smallest absolute Gasteiger partial charge is 0.354 e. The van der Waals surface area contributed by atoms with Crippen LogP contribution in [0.4, 0.5) is 13.2 Å². The van der Waals surface area contributed by atoms with Crippen LogP contribution in [0.3, 0.4) is 0 Å². The van der Waals surface area contributed by atoms with E-state index in [2.05, 4.69) is 4.98 Å². The van der Waals surface area contributed by atoms with Gasteiger partial charge >= 0.3 is 6.18 Å². The molecule has 1 heterocycles. The van der Waals surface area contributed by atoms with Crippen LogP contribution in [0.2, 0.25) is 10.0 Å². The van der Waals surface area contributed by atoms with Crippen LogP contribution >= 0.6 is 23.2 Å². The summed E-state index contributed by atoms with van der Waals surface area (Å²) in [6.45, 7) is 0.540. The number of aromatic amines is 1. The van der Waals surface area contributed by atoms with Crippen molar-refractivity contribution >= 4 is 34.1 Å². The summed E-state index contributed by atoms with van der Waals surface area (Å²) in [7, 11) is 0. The van der Waals surface area contributed by atoms with E-state index >= 15 is 0 Å². The first-order valence-corrected chi connectivity index (χ1v) is 8.94. The summed E-state index contributed by atoms with van der Waals surface area (Å²) in [6, 6.07) is 8.94. The Labute approximate surface area is 159 Å². The first kappa shape index (κ1) is 19.1. The minimum atomic E-state index is -4.39. The van der Waals surface area contributed by atoms with Gasteiger partial charge in [0.25, 0.3) is 0 Å². The lowest BCUT2D eigenvalue weighted by molar-refractivity contribution is -0.137. The standard InChI is InChI=1S/C19H17Cl2F3N2/c20-15-6-4-11(9-16(15)21)18-13(3-1-2-8-25)14-10-12(19(22,23)24)5-7-17(14)26-18/h4-7,9-10,26H,1-3,8,25H2.